The van der Waals surface area contributed by atoms with Crippen molar-refractivity contribution in [2.75, 3.05) is 0 Å². The lowest BCUT2D eigenvalue weighted by Gasteiger charge is -2.15. The third-order valence-electron chi connectivity index (χ3n) is 3.48. The first-order valence-electron chi connectivity index (χ1n) is 7.18. The van der Waals surface area contributed by atoms with Gasteiger partial charge in [0.05, 0.1) is 18.8 Å². The van der Waals surface area contributed by atoms with Crippen molar-refractivity contribution in [3.05, 3.63) is 71.8 Å². The second-order valence-corrected chi connectivity index (χ2v) is 5.22. The summed E-state index contributed by atoms with van der Waals surface area (Å²) in [7, 11) is 0. The summed E-state index contributed by atoms with van der Waals surface area (Å²) in [4.78, 5) is 0. The molecule has 0 amide bonds. The van der Waals surface area contributed by atoms with E-state index in [1.807, 2.05) is 19.1 Å². The first-order chi connectivity index (χ1) is 11.1. The van der Waals surface area contributed by atoms with Crippen molar-refractivity contribution in [1.82, 2.24) is 15.0 Å². The Morgan fingerprint density at radius 1 is 1.17 bits per heavy atom. The Labute approximate surface area is 133 Å². The van der Waals surface area contributed by atoms with Crippen LogP contribution in [-0.4, -0.2) is 20.1 Å². The summed E-state index contributed by atoms with van der Waals surface area (Å²) < 4.78 is 20.1. The third-order valence-corrected chi connectivity index (χ3v) is 3.48. The molecule has 0 fully saturated rings. The number of nitrogens with zero attached hydrogens (tertiary/aromatic N) is 3. The molecule has 6 heteroatoms. The molecule has 0 aliphatic heterocycles. The van der Waals surface area contributed by atoms with Crippen LogP contribution in [0.1, 0.15) is 17.2 Å². The molecule has 0 radical (unpaired) electrons. The first-order valence-corrected chi connectivity index (χ1v) is 7.18. The van der Waals surface area contributed by atoms with Gasteiger partial charge in [-0.2, -0.15) is 0 Å². The van der Waals surface area contributed by atoms with Crippen LogP contribution in [0.2, 0.25) is 0 Å². The molecule has 23 heavy (non-hydrogen) atoms. The van der Waals surface area contributed by atoms with E-state index in [-0.39, 0.29) is 5.82 Å². The van der Waals surface area contributed by atoms with Gasteiger partial charge in [0.2, 0.25) is 0 Å². The summed E-state index contributed by atoms with van der Waals surface area (Å²) in [5.74, 6) is 0.882. The van der Waals surface area contributed by atoms with E-state index in [1.54, 1.807) is 35.3 Å². The molecule has 3 aromatic rings. The number of rotatable bonds is 5. The molecule has 0 saturated carbocycles. The van der Waals surface area contributed by atoms with Crippen LogP contribution in [0, 0.1) is 12.7 Å². The summed E-state index contributed by atoms with van der Waals surface area (Å²) in [6.07, 6.45) is 2.58. The molecule has 0 saturated heterocycles. The van der Waals surface area contributed by atoms with Gasteiger partial charge in [-0.3, -0.25) is 0 Å². The monoisotopic (exact) mass is 313 g/mol. The van der Waals surface area contributed by atoms with Crippen molar-refractivity contribution >= 4 is 0 Å². The summed E-state index contributed by atoms with van der Waals surface area (Å²) >= 11 is 0. The topological polar surface area (TPSA) is 60.2 Å². The first kappa shape index (κ1) is 15.2. The van der Waals surface area contributed by atoms with E-state index in [9.17, 15) is 9.50 Å². The Kier molecular flexibility index (Phi) is 4.34. The normalized spacial score (nSPS) is 12.1. The maximum Gasteiger partial charge on any atom is 0.127 e. The Morgan fingerprint density at radius 3 is 2.57 bits per heavy atom. The number of hydrogen-bond acceptors (Lipinski definition) is 4. The summed E-state index contributed by atoms with van der Waals surface area (Å²) in [6, 6.07) is 11.3. The summed E-state index contributed by atoms with van der Waals surface area (Å²) in [6.45, 7) is 2.23. The molecule has 2 aromatic carbocycles. The van der Waals surface area contributed by atoms with Crippen LogP contribution < -0.4 is 4.74 Å². The van der Waals surface area contributed by atoms with Gasteiger partial charge in [0.1, 0.15) is 17.3 Å². The number of benzene rings is 2. The minimum Gasteiger partial charge on any atom is -0.457 e. The standard InChI is InChI=1S/C17H16FN3O2/c1-12-10-15(23-14-4-2-13(18)3-5-14)6-7-16(12)17(22)11-21-9-8-19-20-21/h2-10,17,22H,11H2,1H3. The molecular formula is C17H16FN3O2. The quantitative estimate of drug-likeness (QED) is 0.785. The number of aliphatic hydroxyl groups is 1. The maximum atomic E-state index is 12.9. The fourth-order valence-electron chi connectivity index (χ4n) is 2.33. The van der Waals surface area contributed by atoms with Gasteiger partial charge in [0.15, 0.2) is 0 Å². The predicted molar refractivity (Wildman–Crippen MR) is 82.6 cm³/mol. The number of halogens is 1. The predicted octanol–water partition coefficient (Wildman–Crippen LogP) is 3.25. The van der Waals surface area contributed by atoms with Crippen molar-refractivity contribution < 1.29 is 14.2 Å². The van der Waals surface area contributed by atoms with Gasteiger partial charge in [0, 0.05) is 6.20 Å². The minimum absolute atomic E-state index is 0.305. The van der Waals surface area contributed by atoms with Crippen LogP contribution in [-0.2, 0) is 6.54 Å². The van der Waals surface area contributed by atoms with Gasteiger partial charge >= 0.3 is 0 Å². The molecule has 1 heterocycles. The summed E-state index contributed by atoms with van der Waals surface area (Å²) in [5, 5.41) is 17.9. The second-order valence-electron chi connectivity index (χ2n) is 5.22. The van der Waals surface area contributed by atoms with Crippen LogP contribution in [0.3, 0.4) is 0 Å². The molecule has 0 bridgehead atoms. The molecule has 1 atom stereocenters. The van der Waals surface area contributed by atoms with Crippen LogP contribution in [0.25, 0.3) is 0 Å². The molecular weight excluding hydrogens is 297 g/mol. The Balaban J connectivity index is 1.73. The van der Waals surface area contributed by atoms with Gasteiger partial charge in [-0.25, -0.2) is 9.07 Å². The largest absolute Gasteiger partial charge is 0.457 e. The van der Waals surface area contributed by atoms with Crippen molar-refractivity contribution in [2.24, 2.45) is 0 Å². The van der Waals surface area contributed by atoms with E-state index in [0.29, 0.717) is 18.0 Å². The van der Waals surface area contributed by atoms with E-state index in [2.05, 4.69) is 10.3 Å². The molecule has 5 nitrogen and oxygen atoms in total. The zero-order chi connectivity index (χ0) is 16.2. The highest BCUT2D eigenvalue weighted by Crippen LogP contribution is 2.27. The number of ether oxygens (including phenoxy) is 1. The molecule has 118 valence electrons. The molecule has 3 rings (SSSR count). The van der Waals surface area contributed by atoms with Gasteiger partial charge < -0.3 is 9.84 Å². The Bertz CT molecular complexity index is 773. The van der Waals surface area contributed by atoms with Gasteiger partial charge in [-0.1, -0.05) is 11.3 Å². The van der Waals surface area contributed by atoms with Crippen LogP contribution in [0.5, 0.6) is 11.5 Å². The second kappa shape index (κ2) is 6.58. The van der Waals surface area contributed by atoms with Crippen LogP contribution in [0.4, 0.5) is 4.39 Å². The highest BCUT2D eigenvalue weighted by atomic mass is 19.1. The van der Waals surface area contributed by atoms with E-state index >= 15 is 0 Å². The van der Waals surface area contributed by atoms with E-state index in [0.717, 1.165) is 11.1 Å². The van der Waals surface area contributed by atoms with Crippen molar-refractivity contribution in [3.8, 4) is 11.5 Å². The number of aryl methyl sites for hydroxylation is 1. The lowest BCUT2D eigenvalue weighted by molar-refractivity contribution is 0.150. The summed E-state index contributed by atoms with van der Waals surface area (Å²) in [5.41, 5.74) is 1.70. The van der Waals surface area contributed by atoms with Gasteiger partial charge in [-0.05, 0) is 54.4 Å². The number of hydrogen-bond donors (Lipinski definition) is 1. The van der Waals surface area contributed by atoms with Crippen molar-refractivity contribution in [3.63, 3.8) is 0 Å². The van der Waals surface area contributed by atoms with Crippen LogP contribution >= 0.6 is 0 Å². The van der Waals surface area contributed by atoms with Crippen molar-refractivity contribution in [1.29, 1.82) is 0 Å². The maximum absolute atomic E-state index is 12.9. The lowest BCUT2D eigenvalue weighted by Crippen LogP contribution is -2.10. The molecule has 1 aromatic heterocycles. The lowest BCUT2D eigenvalue weighted by atomic mass is 10.0. The van der Waals surface area contributed by atoms with Crippen molar-refractivity contribution in [2.45, 2.75) is 19.6 Å². The van der Waals surface area contributed by atoms with E-state index < -0.39 is 6.10 Å². The average Bonchev–Trinajstić information content (AvgIpc) is 3.02. The highest BCUT2D eigenvalue weighted by Gasteiger charge is 2.12. The molecule has 1 N–H and O–H groups in total. The highest BCUT2D eigenvalue weighted by molar-refractivity contribution is 5.38. The number of aliphatic hydroxyl groups excluding tert-OH is 1. The smallest absolute Gasteiger partial charge is 0.127 e. The fraction of sp³-hybridized carbons (Fsp3) is 0.176. The number of aromatic nitrogens is 3. The molecule has 0 aliphatic rings. The van der Waals surface area contributed by atoms with E-state index in [1.165, 1.54) is 12.1 Å². The molecule has 1 unspecified atom stereocenters. The fourth-order valence-corrected chi connectivity index (χ4v) is 2.33. The minimum atomic E-state index is -0.684. The SMILES string of the molecule is Cc1cc(Oc2ccc(F)cc2)ccc1C(O)Cn1ccnn1. The van der Waals surface area contributed by atoms with Crippen LogP contribution in [0.15, 0.2) is 54.9 Å². The zero-order valence-electron chi connectivity index (χ0n) is 12.6. The van der Waals surface area contributed by atoms with Gasteiger partial charge in [-0.15, -0.1) is 5.10 Å². The average molecular weight is 313 g/mol. The Hall–Kier alpha value is -2.73. The zero-order valence-corrected chi connectivity index (χ0v) is 12.6. The molecule has 0 spiro atoms. The van der Waals surface area contributed by atoms with Gasteiger partial charge in [0.25, 0.3) is 0 Å². The Morgan fingerprint density at radius 2 is 1.91 bits per heavy atom. The van der Waals surface area contributed by atoms with E-state index in [4.69, 9.17) is 4.74 Å². The molecule has 0 aliphatic carbocycles. The third kappa shape index (κ3) is 3.73.